The Morgan fingerprint density at radius 1 is 1.18 bits per heavy atom. The first-order valence-electron chi connectivity index (χ1n) is 10.4. The number of amides is 1. The van der Waals surface area contributed by atoms with E-state index in [-0.39, 0.29) is 28.1 Å². The van der Waals surface area contributed by atoms with Gasteiger partial charge in [-0.15, -0.1) is 0 Å². The molecule has 4 aromatic rings. The Balaban J connectivity index is 1.53. The number of carbonyl (C=O) groups is 1. The summed E-state index contributed by atoms with van der Waals surface area (Å²) in [6, 6.07) is 7.13. The summed E-state index contributed by atoms with van der Waals surface area (Å²) in [5.74, 6) is -1.02. The largest absolute Gasteiger partial charge is 0.420 e. The number of benzene rings is 1. The first kappa shape index (κ1) is 22.4. The number of carbonyl (C=O) groups excluding carboxylic acids is 1. The summed E-state index contributed by atoms with van der Waals surface area (Å²) in [7, 11) is 1.65. The maximum absolute atomic E-state index is 13.9. The molecule has 0 aliphatic carbocycles. The summed E-state index contributed by atoms with van der Waals surface area (Å²) < 4.78 is 57.8. The normalized spacial score (nSPS) is 16.5. The predicted octanol–water partition coefficient (Wildman–Crippen LogP) is 5.18. The Labute approximate surface area is 196 Å². The Morgan fingerprint density at radius 3 is 2.65 bits per heavy atom. The van der Waals surface area contributed by atoms with Gasteiger partial charge in [0.05, 0.1) is 11.8 Å². The van der Waals surface area contributed by atoms with E-state index < -0.39 is 23.3 Å². The summed E-state index contributed by atoms with van der Waals surface area (Å²) in [5.41, 5.74) is -0.251. The van der Waals surface area contributed by atoms with Crippen LogP contribution in [-0.4, -0.2) is 43.1 Å². The van der Waals surface area contributed by atoms with Gasteiger partial charge in [-0.1, -0.05) is 23.7 Å². The highest BCUT2D eigenvalue weighted by atomic mass is 35.5. The summed E-state index contributed by atoms with van der Waals surface area (Å²) >= 11 is 6.41. The van der Waals surface area contributed by atoms with Crippen LogP contribution in [0.5, 0.6) is 0 Å². The van der Waals surface area contributed by atoms with Gasteiger partial charge in [-0.3, -0.25) is 13.9 Å². The molecule has 1 amide bonds. The second-order valence-electron chi connectivity index (χ2n) is 8.28. The number of nitrogens with zero attached hydrogens (tertiary/aromatic N) is 5. The Morgan fingerprint density at radius 2 is 1.97 bits per heavy atom. The summed E-state index contributed by atoms with van der Waals surface area (Å²) in [5, 5.41) is 3.80. The van der Waals surface area contributed by atoms with Crippen molar-refractivity contribution in [3.63, 3.8) is 0 Å². The molecule has 6 nitrogen and oxygen atoms in total. The van der Waals surface area contributed by atoms with Crippen molar-refractivity contribution >= 4 is 23.2 Å². The number of aromatic nitrogens is 4. The van der Waals surface area contributed by atoms with E-state index in [1.54, 1.807) is 25.4 Å². The lowest BCUT2D eigenvalue weighted by atomic mass is 9.98. The first-order valence-corrected chi connectivity index (χ1v) is 10.8. The maximum Gasteiger partial charge on any atom is 0.420 e. The van der Waals surface area contributed by atoms with Crippen LogP contribution in [0.2, 0.25) is 5.15 Å². The molecule has 176 valence electrons. The number of aryl methyl sites for hydroxylation is 1. The third-order valence-corrected chi connectivity index (χ3v) is 6.36. The number of likely N-dealkylation sites (tertiary alicyclic amines) is 1. The van der Waals surface area contributed by atoms with Crippen molar-refractivity contribution in [3.8, 4) is 11.1 Å². The number of hydrogen-bond acceptors (Lipinski definition) is 3. The van der Waals surface area contributed by atoms with Gasteiger partial charge in [0, 0.05) is 49.6 Å². The second-order valence-corrected chi connectivity index (χ2v) is 8.64. The topological polar surface area (TPSA) is 55.4 Å². The van der Waals surface area contributed by atoms with Crippen molar-refractivity contribution in [3.05, 3.63) is 76.7 Å². The van der Waals surface area contributed by atoms with Crippen LogP contribution in [-0.2, 0) is 13.2 Å². The lowest BCUT2D eigenvalue weighted by Gasteiger charge is -2.15. The standard InChI is InChI=1S/C23H18ClF4N5O/c1-31-10-16(9-29-31)15-8-18(23(26,27)28)21-30-19(20(24)33(21)12-15)22(34)32-6-5-14(11-32)13-3-2-4-17(25)7-13/h2-4,7-10,12,14H,5-6,11H2,1H3. The Kier molecular flexibility index (Phi) is 5.35. The van der Waals surface area contributed by atoms with Crippen molar-refractivity contribution < 1.29 is 22.4 Å². The third kappa shape index (κ3) is 3.91. The van der Waals surface area contributed by atoms with Crippen LogP contribution in [0.15, 0.2) is 48.9 Å². The zero-order valence-corrected chi connectivity index (χ0v) is 18.6. The highest BCUT2D eigenvalue weighted by Crippen LogP contribution is 2.37. The number of hydrogen-bond donors (Lipinski definition) is 0. The van der Waals surface area contributed by atoms with Crippen LogP contribution in [0.1, 0.15) is 34.0 Å². The van der Waals surface area contributed by atoms with Gasteiger partial charge in [0.25, 0.3) is 5.91 Å². The van der Waals surface area contributed by atoms with Gasteiger partial charge < -0.3 is 4.90 Å². The lowest BCUT2D eigenvalue weighted by molar-refractivity contribution is -0.136. The molecule has 4 heterocycles. The van der Waals surface area contributed by atoms with E-state index in [0.29, 0.717) is 25.1 Å². The van der Waals surface area contributed by atoms with Crippen molar-refractivity contribution in [1.29, 1.82) is 0 Å². The molecule has 0 bridgehead atoms. The number of pyridine rings is 1. The molecule has 1 aliphatic rings. The molecule has 0 N–H and O–H groups in total. The lowest BCUT2D eigenvalue weighted by Crippen LogP contribution is -2.29. The molecule has 5 rings (SSSR count). The van der Waals surface area contributed by atoms with E-state index in [1.165, 1.54) is 34.1 Å². The average Bonchev–Trinajstić information content (AvgIpc) is 3.51. The van der Waals surface area contributed by atoms with Gasteiger partial charge >= 0.3 is 6.18 Å². The maximum atomic E-state index is 13.9. The monoisotopic (exact) mass is 491 g/mol. The number of imidazole rings is 1. The van der Waals surface area contributed by atoms with Crippen LogP contribution >= 0.6 is 11.6 Å². The number of alkyl halides is 3. The molecule has 0 spiro atoms. The molecule has 34 heavy (non-hydrogen) atoms. The Hall–Kier alpha value is -3.40. The van der Waals surface area contributed by atoms with Crippen LogP contribution in [0, 0.1) is 5.82 Å². The van der Waals surface area contributed by atoms with Gasteiger partial charge in [0.1, 0.15) is 11.0 Å². The van der Waals surface area contributed by atoms with E-state index >= 15 is 0 Å². The fraction of sp³-hybridized carbons (Fsp3) is 0.261. The summed E-state index contributed by atoms with van der Waals surface area (Å²) in [6.07, 6.45) is 0.307. The molecule has 0 radical (unpaired) electrons. The van der Waals surface area contributed by atoms with E-state index in [2.05, 4.69) is 10.1 Å². The molecular formula is C23H18ClF4N5O. The molecule has 3 aromatic heterocycles. The van der Waals surface area contributed by atoms with Crippen molar-refractivity contribution in [2.45, 2.75) is 18.5 Å². The van der Waals surface area contributed by atoms with Crippen LogP contribution in [0.3, 0.4) is 0 Å². The number of fused-ring (bicyclic) bond motifs is 1. The molecule has 11 heteroatoms. The highest BCUT2D eigenvalue weighted by molar-refractivity contribution is 6.33. The van der Waals surface area contributed by atoms with E-state index in [4.69, 9.17) is 11.6 Å². The molecule has 1 saturated heterocycles. The van der Waals surface area contributed by atoms with Crippen molar-refractivity contribution in [1.82, 2.24) is 24.1 Å². The summed E-state index contributed by atoms with van der Waals surface area (Å²) in [6.45, 7) is 0.650. The number of halogens is 5. The number of rotatable bonds is 3. The second kappa shape index (κ2) is 8.12. The zero-order chi connectivity index (χ0) is 24.2. The van der Waals surface area contributed by atoms with Crippen LogP contribution < -0.4 is 0 Å². The van der Waals surface area contributed by atoms with Gasteiger partial charge in [-0.05, 0) is 30.2 Å². The smallest absolute Gasteiger partial charge is 0.337 e. The van der Waals surface area contributed by atoms with E-state index in [1.807, 2.05) is 0 Å². The van der Waals surface area contributed by atoms with Gasteiger partial charge in [-0.25, -0.2) is 9.37 Å². The fourth-order valence-electron chi connectivity index (χ4n) is 4.32. The minimum absolute atomic E-state index is 0.0848. The molecule has 1 aromatic carbocycles. The van der Waals surface area contributed by atoms with E-state index in [0.717, 1.165) is 16.0 Å². The van der Waals surface area contributed by atoms with Crippen LogP contribution in [0.4, 0.5) is 17.6 Å². The minimum Gasteiger partial charge on any atom is -0.337 e. The first-order chi connectivity index (χ1) is 16.1. The van der Waals surface area contributed by atoms with Crippen molar-refractivity contribution in [2.24, 2.45) is 7.05 Å². The molecule has 1 atom stereocenters. The quantitative estimate of drug-likeness (QED) is 0.371. The fourth-order valence-corrected chi connectivity index (χ4v) is 4.57. The minimum atomic E-state index is -4.72. The zero-order valence-electron chi connectivity index (χ0n) is 17.9. The van der Waals surface area contributed by atoms with Gasteiger partial charge in [0.2, 0.25) is 0 Å². The molecule has 1 fully saturated rings. The predicted molar refractivity (Wildman–Crippen MR) is 117 cm³/mol. The van der Waals surface area contributed by atoms with Crippen LogP contribution in [0.25, 0.3) is 16.8 Å². The summed E-state index contributed by atoms with van der Waals surface area (Å²) in [4.78, 5) is 18.7. The highest BCUT2D eigenvalue weighted by Gasteiger charge is 2.37. The van der Waals surface area contributed by atoms with Gasteiger partial charge in [-0.2, -0.15) is 18.3 Å². The molecular weight excluding hydrogens is 474 g/mol. The van der Waals surface area contributed by atoms with E-state index in [9.17, 15) is 22.4 Å². The molecule has 0 saturated carbocycles. The van der Waals surface area contributed by atoms with Gasteiger partial charge in [0.15, 0.2) is 11.3 Å². The average molecular weight is 492 g/mol. The SMILES string of the molecule is Cn1cc(-c2cc(C(F)(F)F)c3nc(C(=O)N4CCC(c5cccc(F)c5)C4)c(Cl)n3c2)cn1. The Bertz CT molecular complexity index is 1410. The van der Waals surface area contributed by atoms with Crippen molar-refractivity contribution in [2.75, 3.05) is 13.1 Å². The third-order valence-electron chi connectivity index (χ3n) is 6.00. The molecule has 1 unspecified atom stereocenters. The molecule has 1 aliphatic heterocycles.